The van der Waals surface area contributed by atoms with Crippen LogP contribution in [-0.2, 0) is 0 Å². The number of hydrogen-bond acceptors (Lipinski definition) is 3. The normalized spacial score (nSPS) is 12.4. The molecule has 0 saturated carbocycles. The minimum absolute atomic E-state index is 0.326. The molecule has 1 atom stereocenters. The Morgan fingerprint density at radius 1 is 1.19 bits per heavy atom. The molecule has 0 spiro atoms. The summed E-state index contributed by atoms with van der Waals surface area (Å²) in [6.45, 7) is 1.68. The Labute approximate surface area is 92.6 Å². The fourth-order valence-electron chi connectivity index (χ4n) is 1.42. The van der Waals surface area contributed by atoms with E-state index in [-0.39, 0.29) is 5.82 Å². The van der Waals surface area contributed by atoms with Gasteiger partial charge in [-0.1, -0.05) is 12.1 Å². The summed E-state index contributed by atoms with van der Waals surface area (Å²) in [6.07, 6.45) is 3.51. The molecule has 0 aliphatic heterocycles. The number of rotatable bonds is 2. The van der Waals surface area contributed by atoms with Crippen LogP contribution in [0.2, 0.25) is 0 Å². The lowest BCUT2D eigenvalue weighted by atomic mass is 10.0. The molecule has 1 aromatic carbocycles. The van der Waals surface area contributed by atoms with Gasteiger partial charge in [0.05, 0.1) is 0 Å². The smallest absolute Gasteiger partial charge is 0.126 e. The van der Waals surface area contributed by atoms with Crippen molar-refractivity contribution in [1.82, 2.24) is 9.97 Å². The molecule has 0 fully saturated rings. The lowest BCUT2D eigenvalue weighted by Gasteiger charge is -2.10. The molecule has 1 unspecified atom stereocenters. The maximum Gasteiger partial charge on any atom is 0.126 e. The third-order valence-corrected chi connectivity index (χ3v) is 2.41. The maximum absolute atomic E-state index is 13.3. The topological polar surface area (TPSA) is 46.0 Å². The second-order valence-electron chi connectivity index (χ2n) is 3.58. The number of aryl methyl sites for hydroxylation is 1. The van der Waals surface area contributed by atoms with Gasteiger partial charge in [0.2, 0.25) is 0 Å². The van der Waals surface area contributed by atoms with Crippen LogP contribution >= 0.6 is 0 Å². The van der Waals surface area contributed by atoms with Crippen molar-refractivity contribution < 1.29 is 9.50 Å². The molecule has 0 aliphatic rings. The number of halogens is 1. The quantitative estimate of drug-likeness (QED) is 0.838. The maximum atomic E-state index is 13.3. The van der Waals surface area contributed by atoms with Crippen molar-refractivity contribution >= 4 is 0 Å². The van der Waals surface area contributed by atoms with E-state index >= 15 is 0 Å². The van der Waals surface area contributed by atoms with E-state index < -0.39 is 6.10 Å². The van der Waals surface area contributed by atoms with E-state index in [2.05, 4.69) is 9.97 Å². The lowest BCUT2D eigenvalue weighted by molar-refractivity contribution is 0.219. The average Bonchev–Trinajstić information content (AvgIpc) is 2.33. The Morgan fingerprint density at radius 2 is 1.88 bits per heavy atom. The number of hydrogen-bond donors (Lipinski definition) is 1. The second-order valence-corrected chi connectivity index (χ2v) is 3.58. The molecule has 4 heteroatoms. The number of benzene rings is 1. The largest absolute Gasteiger partial charge is 0.384 e. The van der Waals surface area contributed by atoms with E-state index in [1.807, 2.05) is 0 Å². The molecule has 0 saturated heterocycles. The van der Waals surface area contributed by atoms with Gasteiger partial charge in [0.15, 0.2) is 0 Å². The van der Waals surface area contributed by atoms with Crippen LogP contribution < -0.4 is 0 Å². The zero-order valence-electron chi connectivity index (χ0n) is 8.76. The highest BCUT2D eigenvalue weighted by Crippen LogP contribution is 2.22. The zero-order valence-corrected chi connectivity index (χ0v) is 8.76. The lowest BCUT2D eigenvalue weighted by Crippen LogP contribution is -2.01. The van der Waals surface area contributed by atoms with Crippen molar-refractivity contribution in [1.29, 1.82) is 0 Å². The van der Waals surface area contributed by atoms with Crippen molar-refractivity contribution in [2.75, 3.05) is 0 Å². The number of nitrogens with zero attached hydrogens (tertiary/aromatic N) is 2. The molecular formula is C12H11FN2O. The van der Waals surface area contributed by atoms with Gasteiger partial charge >= 0.3 is 0 Å². The van der Waals surface area contributed by atoms with Gasteiger partial charge < -0.3 is 5.11 Å². The molecule has 16 heavy (non-hydrogen) atoms. The molecule has 82 valence electrons. The van der Waals surface area contributed by atoms with Crippen LogP contribution in [0.1, 0.15) is 22.8 Å². The van der Waals surface area contributed by atoms with E-state index in [1.165, 1.54) is 24.8 Å². The van der Waals surface area contributed by atoms with Crippen LogP contribution in [0.5, 0.6) is 0 Å². The average molecular weight is 218 g/mol. The van der Waals surface area contributed by atoms with Crippen molar-refractivity contribution in [2.45, 2.75) is 13.0 Å². The third-order valence-electron chi connectivity index (χ3n) is 2.41. The molecule has 2 rings (SSSR count). The Hall–Kier alpha value is -1.81. The third kappa shape index (κ3) is 2.06. The SMILES string of the molecule is Cc1ccc(C(O)c2cncnc2)cc1F. The van der Waals surface area contributed by atoms with Gasteiger partial charge in [-0.15, -0.1) is 0 Å². The molecule has 0 bridgehead atoms. The summed E-state index contributed by atoms with van der Waals surface area (Å²) in [5, 5.41) is 9.96. The standard InChI is InChI=1S/C12H11FN2O/c1-8-2-3-9(4-11(8)13)12(16)10-5-14-7-15-6-10/h2-7,12,16H,1H3. The van der Waals surface area contributed by atoms with Gasteiger partial charge in [-0.25, -0.2) is 14.4 Å². The Bertz CT molecular complexity index is 488. The summed E-state index contributed by atoms with van der Waals surface area (Å²) in [4.78, 5) is 7.61. The fourth-order valence-corrected chi connectivity index (χ4v) is 1.42. The minimum Gasteiger partial charge on any atom is -0.384 e. The van der Waals surface area contributed by atoms with E-state index in [9.17, 15) is 9.50 Å². The molecule has 1 aromatic heterocycles. The summed E-state index contributed by atoms with van der Waals surface area (Å²) in [7, 11) is 0. The molecule has 0 aliphatic carbocycles. The van der Waals surface area contributed by atoms with E-state index in [0.717, 1.165) is 0 Å². The first kappa shape index (κ1) is 10.7. The zero-order chi connectivity index (χ0) is 11.5. The highest BCUT2D eigenvalue weighted by molar-refractivity contribution is 5.30. The first-order valence-corrected chi connectivity index (χ1v) is 4.87. The minimum atomic E-state index is -0.892. The first-order chi connectivity index (χ1) is 7.68. The molecule has 1 heterocycles. The van der Waals surface area contributed by atoms with Crippen LogP contribution in [0.15, 0.2) is 36.9 Å². The van der Waals surface area contributed by atoms with Gasteiger partial charge in [-0.05, 0) is 24.1 Å². The van der Waals surface area contributed by atoms with Crippen LogP contribution in [0, 0.1) is 12.7 Å². The van der Waals surface area contributed by atoms with Crippen LogP contribution in [-0.4, -0.2) is 15.1 Å². The molecule has 1 N–H and O–H groups in total. The Morgan fingerprint density at radius 3 is 2.50 bits per heavy atom. The van der Waals surface area contributed by atoms with Crippen LogP contribution in [0.25, 0.3) is 0 Å². The summed E-state index contributed by atoms with van der Waals surface area (Å²) in [5.74, 6) is -0.326. The van der Waals surface area contributed by atoms with Gasteiger partial charge in [-0.3, -0.25) is 0 Å². The highest BCUT2D eigenvalue weighted by Gasteiger charge is 2.12. The van der Waals surface area contributed by atoms with Gasteiger partial charge in [0.1, 0.15) is 18.2 Å². The van der Waals surface area contributed by atoms with Crippen LogP contribution in [0.4, 0.5) is 4.39 Å². The first-order valence-electron chi connectivity index (χ1n) is 4.87. The van der Waals surface area contributed by atoms with Crippen molar-refractivity contribution in [3.8, 4) is 0 Å². The predicted octanol–water partition coefficient (Wildman–Crippen LogP) is 2.01. The predicted molar refractivity (Wildman–Crippen MR) is 57.2 cm³/mol. The fraction of sp³-hybridized carbons (Fsp3) is 0.167. The monoisotopic (exact) mass is 218 g/mol. The van der Waals surface area contributed by atoms with Crippen molar-refractivity contribution in [3.63, 3.8) is 0 Å². The Kier molecular flexibility index (Phi) is 2.92. The summed E-state index contributed by atoms with van der Waals surface area (Å²) in [5.41, 5.74) is 1.60. The van der Waals surface area contributed by atoms with Crippen molar-refractivity contribution in [3.05, 3.63) is 59.4 Å². The number of aliphatic hydroxyl groups excluding tert-OH is 1. The number of aromatic nitrogens is 2. The van der Waals surface area contributed by atoms with Crippen LogP contribution in [0.3, 0.4) is 0 Å². The van der Waals surface area contributed by atoms with Gasteiger partial charge in [0, 0.05) is 18.0 Å². The van der Waals surface area contributed by atoms with E-state index in [1.54, 1.807) is 19.1 Å². The molecule has 3 nitrogen and oxygen atoms in total. The molecule has 0 amide bonds. The number of aliphatic hydroxyl groups is 1. The Balaban J connectivity index is 2.34. The summed E-state index contributed by atoms with van der Waals surface area (Å²) >= 11 is 0. The van der Waals surface area contributed by atoms with E-state index in [0.29, 0.717) is 16.7 Å². The second kappa shape index (κ2) is 4.37. The van der Waals surface area contributed by atoms with Crippen molar-refractivity contribution in [2.24, 2.45) is 0 Å². The summed E-state index contributed by atoms with van der Waals surface area (Å²) in [6, 6.07) is 4.65. The van der Waals surface area contributed by atoms with Gasteiger partial charge in [-0.2, -0.15) is 0 Å². The van der Waals surface area contributed by atoms with E-state index in [4.69, 9.17) is 0 Å². The van der Waals surface area contributed by atoms with Gasteiger partial charge in [0.25, 0.3) is 0 Å². The molecular weight excluding hydrogens is 207 g/mol. The summed E-state index contributed by atoms with van der Waals surface area (Å²) < 4.78 is 13.3. The highest BCUT2D eigenvalue weighted by atomic mass is 19.1. The molecule has 0 radical (unpaired) electrons. The molecule has 2 aromatic rings.